The Kier molecular flexibility index (Phi) is 9.65. The lowest BCUT2D eigenvalue weighted by Crippen LogP contribution is -2.28. The Morgan fingerprint density at radius 3 is 1.06 bits per heavy atom. The Morgan fingerprint density at radius 1 is 0.188 bits per heavy atom. The minimum atomic E-state index is -0.547. The fourth-order valence-electron chi connectivity index (χ4n) is 15.2. The zero-order chi connectivity index (χ0) is 52.5. The Hall–Kier alpha value is -10.1. The van der Waals surface area contributed by atoms with Crippen molar-refractivity contribution >= 4 is 53.9 Å². The van der Waals surface area contributed by atoms with Crippen LogP contribution in [0.5, 0.6) is 0 Å². The van der Waals surface area contributed by atoms with E-state index in [1.165, 1.54) is 154 Å². The smallest absolute Gasteiger partial charge is 0.0622 e. The highest BCUT2D eigenvalue weighted by Crippen LogP contribution is 2.60. The van der Waals surface area contributed by atoms with E-state index in [1.807, 2.05) is 0 Å². The van der Waals surface area contributed by atoms with Gasteiger partial charge in [0.15, 0.2) is 0 Å². The maximum Gasteiger partial charge on any atom is 0.0713 e. The molecule has 0 nitrogen and oxygen atoms in total. The van der Waals surface area contributed by atoms with Crippen LogP contribution in [0.3, 0.4) is 0 Å². The van der Waals surface area contributed by atoms with Gasteiger partial charge < -0.3 is 0 Å². The first-order valence-corrected chi connectivity index (χ1v) is 28.1. The van der Waals surface area contributed by atoms with Crippen LogP contribution < -0.4 is 0 Å². The summed E-state index contributed by atoms with van der Waals surface area (Å²) < 4.78 is 0. The molecule has 0 aromatic heterocycles. The third kappa shape index (κ3) is 6.11. The lowest BCUT2D eigenvalue weighted by atomic mass is 9.67. The van der Waals surface area contributed by atoms with Crippen LogP contribution in [0, 0.1) is 0 Å². The van der Waals surface area contributed by atoms with Crippen molar-refractivity contribution < 1.29 is 0 Å². The number of benzene rings is 15. The molecule has 0 fully saturated rings. The predicted octanol–water partition coefficient (Wildman–Crippen LogP) is 20.6. The zero-order valence-corrected chi connectivity index (χ0v) is 43.9. The Morgan fingerprint density at radius 2 is 0.550 bits per heavy atom. The molecule has 15 aromatic carbocycles. The van der Waals surface area contributed by atoms with Gasteiger partial charge in [0.25, 0.3) is 0 Å². The maximum atomic E-state index is 2.56. The van der Waals surface area contributed by atoms with E-state index in [4.69, 9.17) is 0 Å². The normalized spacial score (nSPS) is 13.7. The summed E-state index contributed by atoms with van der Waals surface area (Å²) in [4.78, 5) is 0. The van der Waals surface area contributed by atoms with Gasteiger partial charge in [0, 0.05) is 0 Å². The van der Waals surface area contributed by atoms with Crippen LogP contribution in [-0.4, -0.2) is 0 Å². The quantitative estimate of drug-likeness (QED) is 0.110. The molecular weight excluding hydrogens is 961 g/mol. The van der Waals surface area contributed by atoms with Gasteiger partial charge in [-0.2, -0.15) is 0 Å². The topological polar surface area (TPSA) is 0 Å². The van der Waals surface area contributed by atoms with E-state index in [2.05, 4.69) is 303 Å². The molecule has 0 spiro atoms. The van der Waals surface area contributed by atoms with Gasteiger partial charge in [-0.1, -0.05) is 285 Å². The molecule has 0 aliphatic heterocycles. The second kappa shape index (κ2) is 17.2. The Bertz CT molecular complexity index is 4880. The van der Waals surface area contributed by atoms with Crippen molar-refractivity contribution in [1.82, 2.24) is 0 Å². The first kappa shape index (κ1) is 44.9. The monoisotopic (exact) mass is 1010 g/mol. The van der Waals surface area contributed by atoms with E-state index in [0.29, 0.717) is 0 Å². The van der Waals surface area contributed by atoms with Crippen LogP contribution in [0.1, 0.15) is 44.5 Å². The van der Waals surface area contributed by atoms with E-state index in [9.17, 15) is 0 Å². The molecule has 2 aliphatic carbocycles. The fraction of sp³-hybridized carbons (Fsp3) is 0.0250. The van der Waals surface area contributed by atoms with Crippen molar-refractivity contribution in [2.45, 2.75) is 10.8 Å². The Labute approximate surface area is 465 Å². The molecule has 0 saturated carbocycles. The van der Waals surface area contributed by atoms with Crippen LogP contribution in [0.4, 0.5) is 0 Å². The van der Waals surface area contributed by atoms with Crippen LogP contribution in [-0.2, 0) is 10.8 Å². The van der Waals surface area contributed by atoms with Gasteiger partial charge in [0.1, 0.15) is 0 Å². The second-order valence-electron chi connectivity index (χ2n) is 22.1. The molecule has 0 unspecified atom stereocenters. The summed E-state index contributed by atoms with van der Waals surface area (Å²) in [7, 11) is 0. The van der Waals surface area contributed by atoms with E-state index in [0.717, 1.165) is 0 Å². The van der Waals surface area contributed by atoms with Gasteiger partial charge in [0.05, 0.1) is 10.8 Å². The molecule has 0 bridgehead atoms. The van der Waals surface area contributed by atoms with Gasteiger partial charge in [-0.15, -0.1) is 0 Å². The summed E-state index contributed by atoms with van der Waals surface area (Å²) in [5.74, 6) is 0. The average Bonchev–Trinajstić information content (AvgIpc) is 4.22. The highest BCUT2D eigenvalue weighted by Gasteiger charge is 2.48. The molecule has 0 radical (unpaired) electrons. The minimum Gasteiger partial charge on any atom is -0.0622 e. The summed E-state index contributed by atoms with van der Waals surface area (Å²) in [6, 6.07) is 115. The molecule has 0 heterocycles. The summed E-state index contributed by atoms with van der Waals surface area (Å²) in [6.45, 7) is 0. The van der Waals surface area contributed by atoms with Crippen molar-refractivity contribution in [2.24, 2.45) is 0 Å². The van der Waals surface area contributed by atoms with Crippen LogP contribution in [0.2, 0.25) is 0 Å². The summed E-state index contributed by atoms with van der Waals surface area (Å²) in [6.07, 6.45) is 0. The zero-order valence-electron chi connectivity index (χ0n) is 43.9. The molecule has 0 heteroatoms. The largest absolute Gasteiger partial charge is 0.0713 e. The molecule has 0 saturated heterocycles. The molecule has 80 heavy (non-hydrogen) atoms. The second-order valence-corrected chi connectivity index (χ2v) is 22.1. The highest BCUT2D eigenvalue weighted by molar-refractivity contribution is 6.27. The number of hydrogen-bond acceptors (Lipinski definition) is 0. The van der Waals surface area contributed by atoms with Gasteiger partial charge >= 0.3 is 0 Å². The average molecular weight is 1010 g/mol. The fourth-order valence-corrected chi connectivity index (χ4v) is 15.2. The van der Waals surface area contributed by atoms with Crippen molar-refractivity contribution in [2.75, 3.05) is 0 Å². The predicted molar refractivity (Wildman–Crippen MR) is 336 cm³/mol. The van der Waals surface area contributed by atoms with E-state index < -0.39 is 10.8 Å². The molecule has 0 atom stereocenters. The van der Waals surface area contributed by atoms with E-state index >= 15 is 0 Å². The van der Waals surface area contributed by atoms with Gasteiger partial charge in [-0.25, -0.2) is 0 Å². The van der Waals surface area contributed by atoms with Crippen LogP contribution in [0.15, 0.2) is 303 Å². The number of rotatable bonds is 7. The minimum absolute atomic E-state index is 0.538. The van der Waals surface area contributed by atoms with Crippen molar-refractivity contribution in [3.63, 3.8) is 0 Å². The first-order chi connectivity index (χ1) is 39.7. The van der Waals surface area contributed by atoms with Crippen molar-refractivity contribution in [3.8, 4) is 55.6 Å². The van der Waals surface area contributed by atoms with Crippen LogP contribution in [0.25, 0.3) is 109 Å². The number of hydrogen-bond donors (Lipinski definition) is 0. The maximum absolute atomic E-state index is 2.56. The summed E-state index contributed by atoms with van der Waals surface area (Å²) in [5.41, 5.74) is 21.6. The van der Waals surface area contributed by atoms with Crippen LogP contribution >= 0.6 is 0 Å². The SMILES string of the molecule is c1ccc(C2(c3ccccc3)c3ccccc3-c3ccc(-c4c5ccccc5c(-c5ccc6c(c5)C(c5ccccc5)(c5ccccc5)c5ccccc5-6)c5cc(-c6ccc7ccc8cccc9ccc6c7c89)ccc45)cc32)cc1. The van der Waals surface area contributed by atoms with Crippen molar-refractivity contribution in [1.29, 1.82) is 0 Å². The molecule has 2 aliphatic rings. The lowest BCUT2D eigenvalue weighted by Gasteiger charge is -2.34. The molecular formula is C80H50. The Balaban J connectivity index is 0.979. The van der Waals surface area contributed by atoms with Gasteiger partial charge in [-0.3, -0.25) is 0 Å². The number of fused-ring (bicyclic) bond motifs is 8. The molecule has 15 aromatic rings. The summed E-state index contributed by atoms with van der Waals surface area (Å²) >= 11 is 0. The van der Waals surface area contributed by atoms with Gasteiger partial charge in [0.2, 0.25) is 0 Å². The molecule has 0 amide bonds. The third-order valence-corrected chi connectivity index (χ3v) is 18.4. The third-order valence-electron chi connectivity index (χ3n) is 18.4. The summed E-state index contributed by atoms with van der Waals surface area (Å²) in [5, 5.41) is 12.7. The molecule has 0 N–H and O–H groups in total. The first-order valence-electron chi connectivity index (χ1n) is 28.1. The van der Waals surface area contributed by atoms with Crippen molar-refractivity contribution in [3.05, 3.63) is 348 Å². The molecule has 17 rings (SSSR count). The lowest BCUT2D eigenvalue weighted by molar-refractivity contribution is 0.769. The van der Waals surface area contributed by atoms with E-state index in [-0.39, 0.29) is 0 Å². The van der Waals surface area contributed by atoms with Gasteiger partial charge in [-0.05, 0) is 172 Å². The van der Waals surface area contributed by atoms with E-state index in [1.54, 1.807) is 0 Å². The molecule has 370 valence electrons. The standard InChI is InChI=1S/C80H50/c1-5-22-57(23-6-1)79(58-24-7-2-8-25-58)71-34-17-15-30-62(71)64-44-41-55(49-73(64)79)76-66-32-13-14-33-67(66)77(70-48-54(40-47-69(70)76)61-43-38-53-37-36-51-20-19-21-52-39-46-68(61)78(53)75(51)52)56-42-45-65-63-31-16-18-35-72(63)80(74(65)50-56,59-26-9-3-10-27-59)60-28-11-4-12-29-60/h1-50H. The highest BCUT2D eigenvalue weighted by atomic mass is 14.5.